The molecule has 0 bridgehead atoms. The first-order chi connectivity index (χ1) is 8.90. The Balaban J connectivity index is 2.52. The number of rotatable bonds is 5. The largest absolute Gasteiger partial charge is 0.394 e. The van der Waals surface area contributed by atoms with Crippen LogP contribution in [0, 0.1) is 5.41 Å². The molecule has 0 aliphatic heterocycles. The van der Waals surface area contributed by atoms with Crippen LogP contribution in [-0.2, 0) is 4.79 Å². The molecule has 0 aliphatic carbocycles. The van der Waals surface area contributed by atoms with Crippen LogP contribution in [0.5, 0.6) is 0 Å². The van der Waals surface area contributed by atoms with Crippen LogP contribution in [0.3, 0.4) is 0 Å². The van der Waals surface area contributed by atoms with Gasteiger partial charge in [-0.25, -0.2) is 0 Å². The maximum Gasteiger partial charge on any atom is 0.244 e. The first kappa shape index (κ1) is 15.4. The zero-order valence-corrected chi connectivity index (χ0v) is 11.8. The third kappa shape index (κ3) is 6.72. The lowest BCUT2D eigenvalue weighted by molar-refractivity contribution is -0.117. The summed E-state index contributed by atoms with van der Waals surface area (Å²) in [4.78, 5) is 15.8. The first-order valence-electron chi connectivity index (χ1n) is 6.41. The van der Waals surface area contributed by atoms with Crippen molar-refractivity contribution in [3.63, 3.8) is 0 Å². The highest BCUT2D eigenvalue weighted by molar-refractivity contribution is 5.91. The molecule has 0 fully saturated rings. The van der Waals surface area contributed by atoms with Gasteiger partial charge in [0.2, 0.25) is 5.91 Å². The summed E-state index contributed by atoms with van der Waals surface area (Å²) in [6, 6.07) is 5.28. The molecule has 1 atom stereocenters. The number of aliphatic hydroxyl groups excluding tert-OH is 1. The van der Waals surface area contributed by atoms with Crippen molar-refractivity contribution < 1.29 is 9.90 Å². The Hall–Kier alpha value is -1.68. The second-order valence-corrected chi connectivity index (χ2v) is 5.74. The summed E-state index contributed by atoms with van der Waals surface area (Å²) in [6.45, 7) is 6.17. The minimum absolute atomic E-state index is 0.0551. The van der Waals surface area contributed by atoms with Gasteiger partial charge >= 0.3 is 0 Å². The zero-order valence-electron chi connectivity index (χ0n) is 11.8. The Morgan fingerprint density at radius 3 is 2.74 bits per heavy atom. The fourth-order valence-electron chi connectivity index (χ4n) is 1.79. The van der Waals surface area contributed by atoms with Crippen molar-refractivity contribution in [2.45, 2.75) is 33.2 Å². The molecular weight excluding hydrogens is 240 g/mol. The van der Waals surface area contributed by atoms with Gasteiger partial charge in [-0.15, -0.1) is 0 Å². The van der Waals surface area contributed by atoms with Gasteiger partial charge in [0.15, 0.2) is 0 Å². The van der Waals surface area contributed by atoms with Gasteiger partial charge in [-0.3, -0.25) is 9.78 Å². The normalized spacial score (nSPS) is 13.5. The van der Waals surface area contributed by atoms with Crippen LogP contribution in [-0.4, -0.2) is 28.6 Å². The minimum atomic E-state index is -0.221. The molecule has 104 valence electrons. The van der Waals surface area contributed by atoms with E-state index in [1.807, 2.05) is 18.2 Å². The third-order valence-corrected chi connectivity index (χ3v) is 2.52. The molecule has 0 spiro atoms. The van der Waals surface area contributed by atoms with Gasteiger partial charge in [0, 0.05) is 12.3 Å². The van der Waals surface area contributed by atoms with E-state index in [4.69, 9.17) is 0 Å². The highest BCUT2D eigenvalue weighted by atomic mass is 16.3. The number of amides is 1. The van der Waals surface area contributed by atoms with E-state index in [1.54, 1.807) is 12.3 Å². The second-order valence-electron chi connectivity index (χ2n) is 5.74. The van der Waals surface area contributed by atoms with Crippen molar-refractivity contribution in [3.05, 3.63) is 36.2 Å². The number of carbonyl (C=O) groups excluding carboxylic acids is 1. The summed E-state index contributed by atoms with van der Waals surface area (Å²) in [5.41, 5.74) is 0.791. The van der Waals surface area contributed by atoms with E-state index in [0.29, 0.717) is 0 Å². The Morgan fingerprint density at radius 2 is 2.21 bits per heavy atom. The van der Waals surface area contributed by atoms with Crippen LogP contribution in [0.1, 0.15) is 32.9 Å². The minimum Gasteiger partial charge on any atom is -0.394 e. The highest BCUT2D eigenvalue weighted by Gasteiger charge is 2.18. The zero-order chi connectivity index (χ0) is 14.3. The van der Waals surface area contributed by atoms with Crippen LogP contribution in [0.4, 0.5) is 0 Å². The van der Waals surface area contributed by atoms with Crippen molar-refractivity contribution in [3.8, 4) is 0 Å². The van der Waals surface area contributed by atoms with E-state index in [9.17, 15) is 9.90 Å². The lowest BCUT2D eigenvalue weighted by Gasteiger charge is -2.24. The number of nitrogens with one attached hydrogen (secondary N) is 1. The molecule has 0 aromatic carbocycles. The van der Waals surface area contributed by atoms with E-state index in [-0.39, 0.29) is 24.0 Å². The third-order valence-electron chi connectivity index (χ3n) is 2.52. The Morgan fingerprint density at radius 1 is 1.47 bits per heavy atom. The lowest BCUT2D eigenvalue weighted by atomic mass is 9.88. The van der Waals surface area contributed by atoms with Gasteiger partial charge in [-0.2, -0.15) is 0 Å². The Bertz CT molecular complexity index is 422. The van der Waals surface area contributed by atoms with Crippen LogP contribution in [0.15, 0.2) is 30.5 Å². The molecule has 4 heteroatoms. The van der Waals surface area contributed by atoms with Crippen LogP contribution in [0.25, 0.3) is 6.08 Å². The average molecular weight is 262 g/mol. The molecule has 19 heavy (non-hydrogen) atoms. The van der Waals surface area contributed by atoms with E-state index < -0.39 is 0 Å². The van der Waals surface area contributed by atoms with E-state index in [2.05, 4.69) is 31.1 Å². The van der Waals surface area contributed by atoms with Gasteiger partial charge < -0.3 is 10.4 Å². The SMILES string of the molecule is CC(C)(C)CC(CO)NC(=O)/C=C/c1ccccn1. The number of hydrogen-bond donors (Lipinski definition) is 2. The van der Waals surface area contributed by atoms with Gasteiger partial charge in [-0.1, -0.05) is 26.8 Å². The standard InChI is InChI=1S/C15H22N2O2/c1-15(2,3)10-13(11-18)17-14(19)8-7-12-6-4-5-9-16-12/h4-9,13,18H,10-11H2,1-3H3,(H,17,19)/b8-7+. The molecule has 4 nitrogen and oxygen atoms in total. The summed E-state index contributed by atoms with van der Waals surface area (Å²) in [5, 5.41) is 12.1. The highest BCUT2D eigenvalue weighted by Crippen LogP contribution is 2.20. The molecule has 1 heterocycles. The maximum absolute atomic E-state index is 11.7. The Labute approximate surface area is 114 Å². The number of pyridine rings is 1. The van der Waals surface area contributed by atoms with E-state index in [0.717, 1.165) is 12.1 Å². The molecule has 0 saturated carbocycles. The first-order valence-corrected chi connectivity index (χ1v) is 6.41. The molecule has 0 saturated heterocycles. The molecule has 2 N–H and O–H groups in total. The molecular formula is C15H22N2O2. The van der Waals surface area contributed by atoms with Crippen LogP contribution < -0.4 is 5.32 Å². The maximum atomic E-state index is 11.7. The fourth-order valence-corrected chi connectivity index (χ4v) is 1.79. The Kier molecular flexibility index (Phi) is 5.70. The summed E-state index contributed by atoms with van der Waals surface area (Å²) < 4.78 is 0. The summed E-state index contributed by atoms with van der Waals surface area (Å²) >= 11 is 0. The number of aliphatic hydroxyl groups is 1. The fraction of sp³-hybridized carbons (Fsp3) is 0.467. The predicted octanol–water partition coefficient (Wildman–Crippen LogP) is 2.01. The molecule has 0 radical (unpaired) electrons. The monoisotopic (exact) mass is 262 g/mol. The van der Waals surface area contributed by atoms with Crippen LogP contribution >= 0.6 is 0 Å². The number of hydrogen-bond acceptors (Lipinski definition) is 3. The molecule has 1 rings (SSSR count). The number of carbonyl (C=O) groups is 1. The smallest absolute Gasteiger partial charge is 0.244 e. The second kappa shape index (κ2) is 7.04. The van der Waals surface area contributed by atoms with Crippen molar-refractivity contribution in [2.75, 3.05) is 6.61 Å². The van der Waals surface area contributed by atoms with Crippen molar-refractivity contribution >= 4 is 12.0 Å². The van der Waals surface area contributed by atoms with E-state index >= 15 is 0 Å². The molecule has 1 unspecified atom stereocenters. The average Bonchev–Trinajstić information content (AvgIpc) is 2.35. The number of nitrogens with zero attached hydrogens (tertiary/aromatic N) is 1. The topological polar surface area (TPSA) is 62.2 Å². The van der Waals surface area contributed by atoms with Gasteiger partial charge in [-0.05, 0) is 30.0 Å². The van der Waals surface area contributed by atoms with Crippen LogP contribution in [0.2, 0.25) is 0 Å². The van der Waals surface area contributed by atoms with Gasteiger partial charge in [0.25, 0.3) is 0 Å². The molecule has 0 aliphatic rings. The van der Waals surface area contributed by atoms with Gasteiger partial charge in [0.1, 0.15) is 0 Å². The summed E-state index contributed by atoms with van der Waals surface area (Å²) in [5.74, 6) is -0.214. The molecule has 1 aromatic heterocycles. The van der Waals surface area contributed by atoms with Crippen molar-refractivity contribution in [1.29, 1.82) is 0 Å². The quantitative estimate of drug-likeness (QED) is 0.798. The van der Waals surface area contributed by atoms with Crippen molar-refractivity contribution in [2.24, 2.45) is 5.41 Å². The summed E-state index contributed by atoms with van der Waals surface area (Å²) in [7, 11) is 0. The summed E-state index contributed by atoms with van der Waals surface area (Å²) in [6.07, 6.45) is 5.49. The predicted molar refractivity (Wildman–Crippen MR) is 76.4 cm³/mol. The molecule has 1 aromatic rings. The van der Waals surface area contributed by atoms with Gasteiger partial charge in [0.05, 0.1) is 18.3 Å². The van der Waals surface area contributed by atoms with E-state index in [1.165, 1.54) is 6.08 Å². The lowest BCUT2D eigenvalue weighted by Crippen LogP contribution is -2.39. The number of aromatic nitrogens is 1. The van der Waals surface area contributed by atoms with Crippen molar-refractivity contribution in [1.82, 2.24) is 10.3 Å². The molecule has 1 amide bonds.